The highest BCUT2D eigenvalue weighted by Crippen LogP contribution is 2.12. The molecule has 1 aromatic rings. The second-order valence-electron chi connectivity index (χ2n) is 5.15. The zero-order valence-electron chi connectivity index (χ0n) is 12.8. The number of ether oxygens (including phenoxy) is 1. The van der Waals surface area contributed by atoms with E-state index in [4.69, 9.17) is 4.74 Å². The van der Waals surface area contributed by atoms with Crippen molar-refractivity contribution in [2.75, 3.05) is 39.1 Å². The van der Waals surface area contributed by atoms with Crippen molar-refractivity contribution in [1.29, 1.82) is 0 Å². The second-order valence-corrected chi connectivity index (χ2v) is 5.15. The molecule has 0 aromatic heterocycles. The first-order chi connectivity index (χ1) is 9.63. The minimum atomic E-state index is -0.240. The third kappa shape index (κ3) is 6.57. The maximum Gasteiger partial charge on any atom is 0.338 e. The van der Waals surface area contributed by atoms with Crippen LogP contribution in [0.5, 0.6) is 0 Å². The summed E-state index contributed by atoms with van der Waals surface area (Å²) in [6.07, 6.45) is 3.01. The number of carbonyl (C=O) groups is 1. The molecule has 112 valence electrons. The van der Waals surface area contributed by atoms with Gasteiger partial charge in [0.25, 0.3) is 0 Å². The highest BCUT2D eigenvalue weighted by Gasteiger charge is 2.07. The molecular formula is C16H26N2O2. The van der Waals surface area contributed by atoms with Gasteiger partial charge < -0.3 is 15.0 Å². The summed E-state index contributed by atoms with van der Waals surface area (Å²) in [5, 5.41) is 3.33. The molecule has 1 N–H and O–H groups in total. The fourth-order valence-electron chi connectivity index (χ4n) is 1.78. The van der Waals surface area contributed by atoms with Crippen molar-refractivity contribution in [2.24, 2.45) is 0 Å². The van der Waals surface area contributed by atoms with Gasteiger partial charge in [-0.05, 0) is 51.7 Å². The van der Waals surface area contributed by atoms with Crippen molar-refractivity contribution in [1.82, 2.24) is 4.90 Å². The average Bonchev–Trinajstić information content (AvgIpc) is 2.44. The van der Waals surface area contributed by atoms with E-state index in [1.54, 1.807) is 6.07 Å². The smallest absolute Gasteiger partial charge is 0.338 e. The predicted octanol–water partition coefficient (Wildman–Crippen LogP) is 3.01. The summed E-state index contributed by atoms with van der Waals surface area (Å²) in [6, 6.07) is 7.49. The molecule has 4 heteroatoms. The Hall–Kier alpha value is -1.55. The first-order valence-electron chi connectivity index (χ1n) is 7.29. The molecule has 0 unspecified atom stereocenters. The summed E-state index contributed by atoms with van der Waals surface area (Å²) in [5.74, 6) is -0.240. The number of rotatable bonds is 9. The first-order valence-corrected chi connectivity index (χ1v) is 7.29. The van der Waals surface area contributed by atoms with Crippen molar-refractivity contribution in [2.45, 2.75) is 26.2 Å². The maximum atomic E-state index is 11.8. The summed E-state index contributed by atoms with van der Waals surface area (Å²) >= 11 is 0. The van der Waals surface area contributed by atoms with Gasteiger partial charge in [0.1, 0.15) is 0 Å². The highest BCUT2D eigenvalue weighted by atomic mass is 16.5. The summed E-state index contributed by atoms with van der Waals surface area (Å²) in [4.78, 5) is 14.0. The number of anilines is 1. The Kier molecular flexibility index (Phi) is 7.73. The van der Waals surface area contributed by atoms with E-state index in [0.29, 0.717) is 12.2 Å². The lowest BCUT2D eigenvalue weighted by atomic mass is 10.2. The lowest BCUT2D eigenvalue weighted by Gasteiger charge is -2.11. The van der Waals surface area contributed by atoms with E-state index in [-0.39, 0.29) is 5.97 Å². The van der Waals surface area contributed by atoms with E-state index in [0.717, 1.165) is 38.0 Å². The van der Waals surface area contributed by atoms with Crippen molar-refractivity contribution in [3.63, 3.8) is 0 Å². The number of nitrogens with one attached hydrogen (secondary N) is 1. The van der Waals surface area contributed by atoms with Gasteiger partial charge in [-0.1, -0.05) is 19.4 Å². The van der Waals surface area contributed by atoms with E-state index in [1.165, 1.54) is 0 Å². The molecule has 20 heavy (non-hydrogen) atoms. The molecule has 0 fully saturated rings. The molecule has 0 atom stereocenters. The van der Waals surface area contributed by atoms with E-state index >= 15 is 0 Å². The van der Waals surface area contributed by atoms with Gasteiger partial charge in [0.05, 0.1) is 12.2 Å². The molecule has 4 nitrogen and oxygen atoms in total. The van der Waals surface area contributed by atoms with Gasteiger partial charge in [-0.3, -0.25) is 0 Å². The zero-order chi connectivity index (χ0) is 14.8. The van der Waals surface area contributed by atoms with Crippen LogP contribution in [-0.4, -0.2) is 44.7 Å². The summed E-state index contributed by atoms with van der Waals surface area (Å²) in [6.45, 7) is 4.51. The Bertz CT molecular complexity index is 405. The van der Waals surface area contributed by atoms with Crippen LogP contribution in [0.1, 0.15) is 36.5 Å². The van der Waals surface area contributed by atoms with Gasteiger partial charge in [-0.25, -0.2) is 4.79 Å². The molecule has 0 saturated carbocycles. The Labute approximate surface area is 122 Å². The molecular weight excluding hydrogens is 252 g/mol. The van der Waals surface area contributed by atoms with Gasteiger partial charge in [-0.2, -0.15) is 0 Å². The minimum Gasteiger partial charge on any atom is -0.462 e. The lowest BCUT2D eigenvalue weighted by Crippen LogP contribution is -2.16. The second kappa shape index (κ2) is 9.37. The number of benzene rings is 1. The summed E-state index contributed by atoms with van der Waals surface area (Å²) in [7, 11) is 4.12. The third-order valence-electron chi connectivity index (χ3n) is 2.94. The van der Waals surface area contributed by atoms with Gasteiger partial charge in [0.2, 0.25) is 0 Å². The van der Waals surface area contributed by atoms with E-state index in [2.05, 4.69) is 31.2 Å². The van der Waals surface area contributed by atoms with Crippen LogP contribution >= 0.6 is 0 Å². The molecule has 0 aliphatic heterocycles. The molecule has 0 aliphatic carbocycles. The van der Waals surface area contributed by atoms with E-state index in [9.17, 15) is 4.79 Å². The normalized spacial score (nSPS) is 10.6. The monoisotopic (exact) mass is 278 g/mol. The topological polar surface area (TPSA) is 41.6 Å². The van der Waals surface area contributed by atoms with Crippen LogP contribution in [0.4, 0.5) is 5.69 Å². The van der Waals surface area contributed by atoms with Crippen LogP contribution < -0.4 is 5.32 Å². The Morgan fingerprint density at radius 1 is 1.30 bits per heavy atom. The number of carbonyl (C=O) groups excluding carboxylic acids is 1. The van der Waals surface area contributed by atoms with Crippen molar-refractivity contribution in [3.8, 4) is 0 Å². The van der Waals surface area contributed by atoms with E-state index < -0.39 is 0 Å². The van der Waals surface area contributed by atoms with Gasteiger partial charge in [0.15, 0.2) is 0 Å². The fraction of sp³-hybridized carbons (Fsp3) is 0.562. The number of hydrogen-bond acceptors (Lipinski definition) is 4. The SMILES string of the molecule is CCCCOC(=O)c1cccc(NCCCN(C)C)c1. The average molecular weight is 278 g/mol. The van der Waals surface area contributed by atoms with Gasteiger partial charge >= 0.3 is 5.97 Å². The molecule has 0 radical (unpaired) electrons. The Balaban J connectivity index is 2.42. The maximum absolute atomic E-state index is 11.8. The van der Waals surface area contributed by atoms with Crippen LogP contribution in [-0.2, 0) is 4.74 Å². The van der Waals surface area contributed by atoms with Crippen molar-refractivity contribution in [3.05, 3.63) is 29.8 Å². The molecule has 1 rings (SSSR count). The lowest BCUT2D eigenvalue weighted by molar-refractivity contribution is 0.0500. The zero-order valence-corrected chi connectivity index (χ0v) is 12.8. The fourth-order valence-corrected chi connectivity index (χ4v) is 1.78. The Morgan fingerprint density at radius 3 is 2.80 bits per heavy atom. The molecule has 0 saturated heterocycles. The molecule has 0 spiro atoms. The van der Waals surface area contributed by atoms with Crippen molar-refractivity contribution < 1.29 is 9.53 Å². The standard InChI is InChI=1S/C16H26N2O2/c1-4-5-12-20-16(19)14-8-6-9-15(13-14)17-10-7-11-18(2)3/h6,8-9,13,17H,4-5,7,10-12H2,1-3H3. The van der Waals surface area contributed by atoms with Gasteiger partial charge in [-0.15, -0.1) is 0 Å². The van der Waals surface area contributed by atoms with Crippen LogP contribution in [0.3, 0.4) is 0 Å². The highest BCUT2D eigenvalue weighted by molar-refractivity contribution is 5.90. The number of nitrogens with zero attached hydrogens (tertiary/aromatic N) is 1. The summed E-state index contributed by atoms with van der Waals surface area (Å²) in [5.41, 5.74) is 1.58. The minimum absolute atomic E-state index is 0.240. The van der Waals surface area contributed by atoms with Crippen LogP contribution in [0, 0.1) is 0 Å². The number of unbranched alkanes of at least 4 members (excludes halogenated alkanes) is 1. The largest absolute Gasteiger partial charge is 0.462 e. The van der Waals surface area contributed by atoms with E-state index in [1.807, 2.05) is 18.2 Å². The van der Waals surface area contributed by atoms with Crippen LogP contribution in [0.25, 0.3) is 0 Å². The van der Waals surface area contributed by atoms with Crippen LogP contribution in [0.15, 0.2) is 24.3 Å². The molecule has 1 aromatic carbocycles. The molecule has 0 aliphatic rings. The van der Waals surface area contributed by atoms with Crippen LogP contribution in [0.2, 0.25) is 0 Å². The molecule has 0 heterocycles. The third-order valence-corrected chi connectivity index (χ3v) is 2.94. The Morgan fingerprint density at radius 2 is 2.10 bits per heavy atom. The predicted molar refractivity (Wildman–Crippen MR) is 83.3 cm³/mol. The molecule has 0 bridgehead atoms. The van der Waals surface area contributed by atoms with Gasteiger partial charge in [0, 0.05) is 12.2 Å². The first kappa shape index (κ1) is 16.5. The quantitative estimate of drug-likeness (QED) is 0.557. The number of esters is 1. The number of hydrogen-bond donors (Lipinski definition) is 1. The molecule has 0 amide bonds. The van der Waals surface area contributed by atoms with Crippen molar-refractivity contribution >= 4 is 11.7 Å². The summed E-state index contributed by atoms with van der Waals surface area (Å²) < 4.78 is 5.21.